The van der Waals surface area contributed by atoms with Gasteiger partial charge in [0.15, 0.2) is 17.6 Å². The Morgan fingerprint density at radius 2 is 1.86 bits per heavy atom. The van der Waals surface area contributed by atoms with Crippen molar-refractivity contribution in [2.45, 2.75) is 31.9 Å². The second-order valence-corrected chi connectivity index (χ2v) is 7.37. The minimum absolute atomic E-state index is 0.203. The van der Waals surface area contributed by atoms with Crippen molar-refractivity contribution in [3.05, 3.63) is 54.1 Å². The van der Waals surface area contributed by atoms with Gasteiger partial charge in [0, 0.05) is 12.2 Å². The van der Waals surface area contributed by atoms with Crippen molar-refractivity contribution < 1.29 is 14.3 Å². The Kier molecular flexibility index (Phi) is 5.97. The third kappa shape index (κ3) is 4.95. The fourth-order valence-corrected chi connectivity index (χ4v) is 3.67. The van der Waals surface area contributed by atoms with Gasteiger partial charge in [0.1, 0.15) is 6.61 Å². The zero-order chi connectivity index (χ0) is 19.2. The SMILES string of the molecule is O=C(NC[C@H]1COc2ccccc2O1)Nc1cccc(CN2CCCCC2)c1. The third-order valence-corrected chi connectivity index (χ3v) is 5.10. The van der Waals surface area contributed by atoms with Crippen LogP contribution in [0.3, 0.4) is 0 Å². The lowest BCUT2D eigenvalue weighted by molar-refractivity contribution is 0.0922. The Morgan fingerprint density at radius 3 is 2.71 bits per heavy atom. The first-order valence-corrected chi connectivity index (χ1v) is 10.0. The molecule has 6 heteroatoms. The van der Waals surface area contributed by atoms with Gasteiger partial charge in [0.2, 0.25) is 0 Å². The monoisotopic (exact) mass is 381 g/mol. The zero-order valence-electron chi connectivity index (χ0n) is 16.0. The quantitative estimate of drug-likeness (QED) is 0.830. The number of amides is 2. The predicted molar refractivity (Wildman–Crippen MR) is 109 cm³/mol. The first kappa shape index (κ1) is 18.6. The minimum Gasteiger partial charge on any atom is -0.486 e. The number of ether oxygens (including phenoxy) is 2. The number of piperidine rings is 1. The lowest BCUT2D eigenvalue weighted by Crippen LogP contribution is -2.42. The third-order valence-electron chi connectivity index (χ3n) is 5.10. The number of hydrogen-bond donors (Lipinski definition) is 2. The summed E-state index contributed by atoms with van der Waals surface area (Å²) in [6, 6.07) is 15.4. The number of para-hydroxylation sites is 2. The highest BCUT2D eigenvalue weighted by Crippen LogP contribution is 2.30. The lowest BCUT2D eigenvalue weighted by atomic mass is 10.1. The van der Waals surface area contributed by atoms with Crippen molar-refractivity contribution in [2.24, 2.45) is 0 Å². The molecule has 1 saturated heterocycles. The highest BCUT2D eigenvalue weighted by molar-refractivity contribution is 5.89. The Morgan fingerprint density at radius 1 is 1.04 bits per heavy atom. The van der Waals surface area contributed by atoms with Crippen molar-refractivity contribution in [1.82, 2.24) is 10.2 Å². The second kappa shape index (κ2) is 8.97. The number of carbonyl (C=O) groups excluding carboxylic acids is 1. The first-order chi connectivity index (χ1) is 13.8. The average molecular weight is 381 g/mol. The molecule has 0 aliphatic carbocycles. The average Bonchev–Trinajstić information content (AvgIpc) is 2.73. The Labute approximate surface area is 165 Å². The number of nitrogens with zero attached hydrogens (tertiary/aromatic N) is 1. The van der Waals surface area contributed by atoms with E-state index in [1.807, 2.05) is 42.5 Å². The van der Waals surface area contributed by atoms with Crippen LogP contribution in [0.25, 0.3) is 0 Å². The van der Waals surface area contributed by atoms with Crippen LogP contribution in [0, 0.1) is 0 Å². The Hall–Kier alpha value is -2.73. The standard InChI is InChI=1S/C22H27N3O3/c26-22(23-14-19-16-27-20-9-2-3-10-21(20)28-19)24-18-8-6-7-17(13-18)15-25-11-4-1-5-12-25/h2-3,6-10,13,19H,1,4-5,11-12,14-16H2,(H2,23,24,26)/t19-/m0/s1. The molecule has 2 amide bonds. The van der Waals surface area contributed by atoms with E-state index in [2.05, 4.69) is 21.6 Å². The second-order valence-electron chi connectivity index (χ2n) is 7.37. The van der Waals surface area contributed by atoms with Crippen LogP contribution in [0.15, 0.2) is 48.5 Å². The highest BCUT2D eigenvalue weighted by atomic mass is 16.6. The van der Waals surface area contributed by atoms with Crippen LogP contribution >= 0.6 is 0 Å². The number of nitrogens with one attached hydrogen (secondary N) is 2. The number of benzene rings is 2. The van der Waals surface area contributed by atoms with Crippen LogP contribution in [-0.4, -0.2) is 43.3 Å². The maximum Gasteiger partial charge on any atom is 0.319 e. The van der Waals surface area contributed by atoms with Crippen molar-refractivity contribution in [3.63, 3.8) is 0 Å². The molecule has 0 aromatic heterocycles. The van der Waals surface area contributed by atoms with Crippen LogP contribution < -0.4 is 20.1 Å². The molecular formula is C22H27N3O3. The number of carbonyl (C=O) groups is 1. The zero-order valence-corrected chi connectivity index (χ0v) is 16.0. The van der Waals surface area contributed by atoms with E-state index in [1.165, 1.54) is 24.8 Å². The molecule has 0 saturated carbocycles. The highest BCUT2D eigenvalue weighted by Gasteiger charge is 2.21. The molecule has 2 N–H and O–H groups in total. The van der Waals surface area contributed by atoms with Crippen molar-refractivity contribution >= 4 is 11.7 Å². The maximum absolute atomic E-state index is 12.3. The molecule has 0 unspecified atom stereocenters. The van der Waals surface area contributed by atoms with Gasteiger partial charge in [-0.2, -0.15) is 0 Å². The minimum atomic E-state index is -0.238. The fourth-order valence-electron chi connectivity index (χ4n) is 3.67. The van der Waals surface area contributed by atoms with Crippen molar-refractivity contribution in [3.8, 4) is 11.5 Å². The van der Waals surface area contributed by atoms with E-state index in [-0.39, 0.29) is 12.1 Å². The van der Waals surface area contributed by atoms with Gasteiger partial charge in [0.25, 0.3) is 0 Å². The fraction of sp³-hybridized carbons (Fsp3) is 0.409. The lowest BCUT2D eigenvalue weighted by Gasteiger charge is -2.27. The molecular weight excluding hydrogens is 354 g/mol. The van der Waals surface area contributed by atoms with Gasteiger partial charge in [-0.1, -0.05) is 30.7 Å². The van der Waals surface area contributed by atoms with E-state index in [0.29, 0.717) is 18.9 Å². The molecule has 4 rings (SSSR count). The maximum atomic E-state index is 12.3. The summed E-state index contributed by atoms with van der Waals surface area (Å²) in [6.45, 7) is 4.05. The van der Waals surface area contributed by atoms with Gasteiger partial charge < -0.3 is 20.1 Å². The van der Waals surface area contributed by atoms with Crippen molar-refractivity contribution in [2.75, 3.05) is 31.6 Å². The van der Waals surface area contributed by atoms with Gasteiger partial charge in [-0.05, 0) is 55.8 Å². The van der Waals surface area contributed by atoms with Crippen LogP contribution in [-0.2, 0) is 6.54 Å². The van der Waals surface area contributed by atoms with E-state index < -0.39 is 0 Å². The Bertz CT molecular complexity index is 805. The molecule has 2 aliphatic rings. The summed E-state index contributed by atoms with van der Waals surface area (Å²) < 4.78 is 11.5. The van der Waals surface area contributed by atoms with Gasteiger partial charge in [-0.15, -0.1) is 0 Å². The van der Waals surface area contributed by atoms with Gasteiger partial charge in [0.05, 0.1) is 6.54 Å². The molecule has 1 fully saturated rings. The Balaban J connectivity index is 1.25. The number of rotatable bonds is 5. The predicted octanol–water partition coefficient (Wildman–Crippen LogP) is 3.63. The van der Waals surface area contributed by atoms with Crippen LogP contribution in [0.2, 0.25) is 0 Å². The molecule has 1 atom stereocenters. The molecule has 2 aromatic rings. The molecule has 6 nitrogen and oxygen atoms in total. The van der Waals surface area contributed by atoms with E-state index in [1.54, 1.807) is 0 Å². The number of fused-ring (bicyclic) bond motifs is 1. The van der Waals surface area contributed by atoms with Gasteiger partial charge in [-0.25, -0.2) is 4.79 Å². The first-order valence-electron chi connectivity index (χ1n) is 10.0. The van der Waals surface area contributed by atoms with Crippen LogP contribution in [0.5, 0.6) is 11.5 Å². The van der Waals surface area contributed by atoms with Crippen molar-refractivity contribution in [1.29, 1.82) is 0 Å². The molecule has 28 heavy (non-hydrogen) atoms. The summed E-state index contributed by atoms with van der Waals surface area (Å²) in [4.78, 5) is 14.7. The number of likely N-dealkylation sites (tertiary alicyclic amines) is 1. The normalized spacial score (nSPS) is 19.1. The van der Waals surface area contributed by atoms with Crippen LogP contribution in [0.4, 0.5) is 10.5 Å². The summed E-state index contributed by atoms with van der Waals surface area (Å²) >= 11 is 0. The number of urea groups is 1. The molecule has 0 spiro atoms. The summed E-state index contributed by atoms with van der Waals surface area (Å²) in [7, 11) is 0. The van der Waals surface area contributed by atoms with E-state index in [4.69, 9.17) is 9.47 Å². The van der Waals surface area contributed by atoms with E-state index in [0.717, 1.165) is 31.1 Å². The summed E-state index contributed by atoms with van der Waals surface area (Å²) in [5.74, 6) is 1.46. The largest absolute Gasteiger partial charge is 0.486 e. The smallest absolute Gasteiger partial charge is 0.319 e. The molecule has 2 aromatic carbocycles. The number of anilines is 1. The number of hydrogen-bond acceptors (Lipinski definition) is 4. The molecule has 0 bridgehead atoms. The van der Waals surface area contributed by atoms with Gasteiger partial charge >= 0.3 is 6.03 Å². The summed E-state index contributed by atoms with van der Waals surface area (Å²) in [6.07, 6.45) is 3.68. The van der Waals surface area contributed by atoms with Gasteiger partial charge in [-0.3, -0.25) is 4.90 Å². The molecule has 2 heterocycles. The molecule has 2 aliphatic heterocycles. The molecule has 148 valence electrons. The molecule has 0 radical (unpaired) electrons. The van der Waals surface area contributed by atoms with E-state index in [9.17, 15) is 4.79 Å². The summed E-state index contributed by atoms with van der Waals surface area (Å²) in [5, 5.41) is 5.78. The topological polar surface area (TPSA) is 62.8 Å². The van der Waals surface area contributed by atoms with Crippen LogP contribution in [0.1, 0.15) is 24.8 Å². The summed E-state index contributed by atoms with van der Waals surface area (Å²) in [5.41, 5.74) is 2.03. The van der Waals surface area contributed by atoms with E-state index >= 15 is 0 Å².